The normalized spacial score (nSPS) is 20.6. The molecule has 4 heterocycles. The van der Waals surface area contributed by atoms with Gasteiger partial charge < -0.3 is 19.2 Å². The molecular weight excluding hydrogens is 406 g/mol. The van der Waals surface area contributed by atoms with Gasteiger partial charge in [-0.15, -0.1) is 0 Å². The SMILES string of the molecule is C=C(OC(C)(C)C)N1C[C@@H](c2c[nH]c3ccccc23)[C@H](c2cn3c4c(cccc24)CCC3)C1. The van der Waals surface area contributed by atoms with Crippen LogP contribution in [0, 0.1) is 0 Å². The van der Waals surface area contributed by atoms with Gasteiger partial charge in [0.1, 0.15) is 5.60 Å². The number of benzene rings is 2. The summed E-state index contributed by atoms with van der Waals surface area (Å²) in [7, 11) is 0. The lowest BCUT2D eigenvalue weighted by atomic mass is 9.83. The molecule has 4 nitrogen and oxygen atoms in total. The number of aromatic nitrogens is 2. The molecular formula is C29H33N3O. The van der Waals surface area contributed by atoms with Crippen LogP contribution in [0.25, 0.3) is 21.8 Å². The molecule has 0 amide bonds. The topological polar surface area (TPSA) is 33.2 Å². The van der Waals surface area contributed by atoms with Crippen LogP contribution in [-0.4, -0.2) is 33.1 Å². The van der Waals surface area contributed by atoms with Crippen molar-refractivity contribution in [3.05, 3.63) is 84.0 Å². The second kappa shape index (κ2) is 7.44. The first-order chi connectivity index (χ1) is 15.9. The summed E-state index contributed by atoms with van der Waals surface area (Å²) in [6.45, 7) is 13.5. The number of likely N-dealkylation sites (tertiary alicyclic amines) is 1. The number of nitrogens with zero attached hydrogens (tertiary/aromatic N) is 2. The third-order valence-corrected chi connectivity index (χ3v) is 7.37. The molecule has 170 valence electrons. The third-order valence-electron chi connectivity index (χ3n) is 7.37. The van der Waals surface area contributed by atoms with Crippen molar-refractivity contribution in [2.45, 2.75) is 57.6 Å². The lowest BCUT2D eigenvalue weighted by Crippen LogP contribution is -2.28. The summed E-state index contributed by atoms with van der Waals surface area (Å²) >= 11 is 0. The molecule has 0 spiro atoms. The van der Waals surface area contributed by atoms with E-state index in [1.54, 1.807) is 0 Å². The summed E-state index contributed by atoms with van der Waals surface area (Å²) in [6.07, 6.45) is 7.07. The van der Waals surface area contributed by atoms with Gasteiger partial charge in [-0.05, 0) is 62.9 Å². The molecule has 0 bridgehead atoms. The van der Waals surface area contributed by atoms with Crippen LogP contribution in [0.15, 0.2) is 67.3 Å². The maximum atomic E-state index is 6.22. The average Bonchev–Trinajstić information content (AvgIpc) is 3.48. The van der Waals surface area contributed by atoms with E-state index in [4.69, 9.17) is 4.74 Å². The number of H-pyrrole nitrogens is 1. The lowest BCUT2D eigenvalue weighted by molar-refractivity contribution is 0.00833. The minimum Gasteiger partial charge on any atom is -0.474 e. The predicted octanol–water partition coefficient (Wildman–Crippen LogP) is 6.54. The highest BCUT2D eigenvalue weighted by Crippen LogP contribution is 2.46. The van der Waals surface area contributed by atoms with Gasteiger partial charge in [0.2, 0.25) is 0 Å². The van der Waals surface area contributed by atoms with E-state index >= 15 is 0 Å². The fourth-order valence-electron chi connectivity index (χ4n) is 6.04. The smallest absolute Gasteiger partial charge is 0.182 e. The van der Waals surface area contributed by atoms with Crippen molar-refractivity contribution in [1.29, 1.82) is 0 Å². The molecule has 2 atom stereocenters. The maximum Gasteiger partial charge on any atom is 0.182 e. The highest BCUT2D eigenvalue weighted by atomic mass is 16.5. The van der Waals surface area contributed by atoms with Crippen molar-refractivity contribution < 1.29 is 4.74 Å². The standard InChI is InChI=1S/C29H33N3O/c1-19(33-29(2,3)4)32-17-25(23-15-30-27-13-6-5-11-21(23)27)26(18-32)24-16-31-14-8-10-20-9-7-12-22(24)28(20)31/h5-7,9,11-13,15-16,25-26,30H,1,8,10,14,17-18H2,2-4H3/t25-,26-/m0/s1. The van der Waals surface area contributed by atoms with Gasteiger partial charge in [0, 0.05) is 60.2 Å². The molecule has 1 N–H and O–H groups in total. The van der Waals surface area contributed by atoms with Crippen molar-refractivity contribution in [1.82, 2.24) is 14.5 Å². The van der Waals surface area contributed by atoms with Gasteiger partial charge in [-0.2, -0.15) is 0 Å². The van der Waals surface area contributed by atoms with Crippen molar-refractivity contribution in [2.24, 2.45) is 0 Å². The summed E-state index contributed by atoms with van der Waals surface area (Å²) in [5.74, 6) is 1.52. The Balaban J connectivity index is 1.46. The van der Waals surface area contributed by atoms with Crippen molar-refractivity contribution in [3.8, 4) is 0 Å². The van der Waals surface area contributed by atoms with Gasteiger partial charge in [-0.1, -0.05) is 36.4 Å². The number of hydrogen-bond donors (Lipinski definition) is 1. The van der Waals surface area contributed by atoms with Gasteiger partial charge >= 0.3 is 0 Å². The van der Waals surface area contributed by atoms with Gasteiger partial charge in [-0.25, -0.2) is 0 Å². The van der Waals surface area contributed by atoms with E-state index in [0.717, 1.165) is 25.5 Å². The largest absolute Gasteiger partial charge is 0.474 e. The second-order valence-electron chi connectivity index (χ2n) is 10.7. The third kappa shape index (κ3) is 3.43. The van der Waals surface area contributed by atoms with Gasteiger partial charge in [0.15, 0.2) is 5.88 Å². The van der Waals surface area contributed by atoms with E-state index in [-0.39, 0.29) is 5.60 Å². The summed E-state index contributed by atoms with van der Waals surface area (Å²) in [5.41, 5.74) is 6.75. The van der Waals surface area contributed by atoms with Gasteiger partial charge in [0.05, 0.1) is 5.52 Å². The Bertz CT molecular complexity index is 1350. The van der Waals surface area contributed by atoms with Crippen molar-refractivity contribution in [3.63, 3.8) is 0 Å². The van der Waals surface area contributed by atoms with Crippen LogP contribution in [0.3, 0.4) is 0 Å². The lowest BCUT2D eigenvalue weighted by Gasteiger charge is -2.28. The molecule has 0 unspecified atom stereocenters. The molecule has 1 saturated heterocycles. The Morgan fingerprint density at radius 2 is 1.76 bits per heavy atom. The number of hydrogen-bond acceptors (Lipinski definition) is 2. The Morgan fingerprint density at radius 3 is 2.58 bits per heavy atom. The quantitative estimate of drug-likeness (QED) is 0.366. The number of aryl methyl sites for hydroxylation is 2. The molecule has 33 heavy (non-hydrogen) atoms. The summed E-state index contributed by atoms with van der Waals surface area (Å²) in [5, 5.41) is 2.75. The van der Waals surface area contributed by atoms with Gasteiger partial charge in [0.25, 0.3) is 0 Å². The molecule has 0 saturated carbocycles. The average molecular weight is 440 g/mol. The summed E-state index contributed by atoms with van der Waals surface area (Å²) in [6, 6.07) is 15.5. The monoisotopic (exact) mass is 439 g/mol. The molecule has 2 aliphatic rings. The van der Waals surface area contributed by atoms with E-state index in [1.165, 1.54) is 51.3 Å². The van der Waals surface area contributed by atoms with E-state index in [1.807, 2.05) is 0 Å². The van der Waals surface area contributed by atoms with E-state index < -0.39 is 0 Å². The predicted molar refractivity (Wildman–Crippen MR) is 136 cm³/mol. The van der Waals surface area contributed by atoms with Crippen molar-refractivity contribution >= 4 is 21.8 Å². The number of fused-ring (bicyclic) bond motifs is 1. The number of ether oxygens (including phenoxy) is 1. The number of aromatic amines is 1. The Kier molecular flexibility index (Phi) is 4.62. The Morgan fingerprint density at radius 1 is 1.00 bits per heavy atom. The molecule has 1 fully saturated rings. The van der Waals surface area contributed by atoms with Crippen LogP contribution < -0.4 is 0 Å². The van der Waals surface area contributed by atoms with Crippen molar-refractivity contribution in [2.75, 3.05) is 13.1 Å². The van der Waals surface area contributed by atoms with Crippen LogP contribution in [0.5, 0.6) is 0 Å². The van der Waals surface area contributed by atoms with Crippen LogP contribution in [0.4, 0.5) is 0 Å². The number of para-hydroxylation sites is 2. The molecule has 2 aromatic heterocycles. The first kappa shape index (κ1) is 20.5. The Labute approximate surface area is 195 Å². The fourth-order valence-corrected chi connectivity index (χ4v) is 6.04. The van der Waals surface area contributed by atoms with E-state index in [0.29, 0.717) is 11.8 Å². The molecule has 4 heteroatoms. The molecule has 0 radical (unpaired) electrons. The molecule has 2 aliphatic heterocycles. The summed E-state index contributed by atoms with van der Waals surface area (Å²) < 4.78 is 8.72. The summed E-state index contributed by atoms with van der Waals surface area (Å²) in [4.78, 5) is 5.87. The number of rotatable bonds is 4. The first-order valence-corrected chi connectivity index (χ1v) is 12.2. The minimum absolute atomic E-state index is 0.255. The zero-order valence-electron chi connectivity index (χ0n) is 19.9. The Hall–Kier alpha value is -3.14. The highest BCUT2D eigenvalue weighted by Gasteiger charge is 2.39. The van der Waals surface area contributed by atoms with E-state index in [9.17, 15) is 0 Å². The van der Waals surface area contributed by atoms with Crippen LogP contribution >= 0.6 is 0 Å². The fraction of sp³-hybridized carbons (Fsp3) is 0.379. The molecule has 4 aromatic rings. The van der Waals surface area contributed by atoms with Crippen LogP contribution in [0.1, 0.15) is 55.7 Å². The van der Waals surface area contributed by atoms with Gasteiger partial charge in [-0.3, -0.25) is 0 Å². The minimum atomic E-state index is -0.255. The first-order valence-electron chi connectivity index (χ1n) is 12.2. The van der Waals surface area contributed by atoms with E-state index in [2.05, 4.69) is 96.7 Å². The highest BCUT2D eigenvalue weighted by molar-refractivity contribution is 5.89. The second-order valence-corrected chi connectivity index (χ2v) is 10.7. The zero-order chi connectivity index (χ0) is 22.7. The maximum absolute atomic E-state index is 6.22. The molecule has 2 aromatic carbocycles. The molecule has 0 aliphatic carbocycles. The number of nitrogens with one attached hydrogen (secondary N) is 1. The van der Waals surface area contributed by atoms with Crippen LogP contribution in [-0.2, 0) is 17.7 Å². The molecule has 6 rings (SSSR count). The van der Waals surface area contributed by atoms with Crippen LogP contribution in [0.2, 0.25) is 0 Å². The zero-order valence-corrected chi connectivity index (χ0v) is 19.9.